The molecule has 4 nitrogen and oxygen atoms in total. The lowest BCUT2D eigenvalue weighted by Gasteiger charge is -2.28. The summed E-state index contributed by atoms with van der Waals surface area (Å²) >= 11 is 0. The molecular weight excluding hydrogens is 276 g/mol. The molecule has 0 aliphatic rings. The van der Waals surface area contributed by atoms with Gasteiger partial charge in [-0.1, -0.05) is 44.4 Å². The molecule has 1 N–H and O–H groups in total. The standard InChI is InChI=1S/C15H22O4S/c1-4-10-15(11-5-2,14(16)17)20(18,19)13-8-6-12(3)7-9-13/h6-9H,4-5,10-11H2,1-3H3,(H,16,17). The summed E-state index contributed by atoms with van der Waals surface area (Å²) in [6.07, 6.45) is 1.29. The first-order chi connectivity index (χ1) is 9.31. The molecule has 0 unspecified atom stereocenters. The first-order valence-corrected chi connectivity index (χ1v) is 8.35. The summed E-state index contributed by atoms with van der Waals surface area (Å²) in [5.74, 6) is -1.25. The molecule has 1 aromatic carbocycles. The van der Waals surface area contributed by atoms with E-state index in [9.17, 15) is 18.3 Å². The summed E-state index contributed by atoms with van der Waals surface area (Å²) in [6.45, 7) is 5.47. The maximum Gasteiger partial charge on any atom is 0.325 e. The Morgan fingerprint density at radius 1 is 1.10 bits per heavy atom. The number of aliphatic carboxylic acids is 1. The Morgan fingerprint density at radius 3 is 1.90 bits per heavy atom. The van der Waals surface area contributed by atoms with Crippen LogP contribution in [0.25, 0.3) is 0 Å². The predicted molar refractivity (Wildman–Crippen MR) is 78.5 cm³/mol. The van der Waals surface area contributed by atoms with Crippen molar-refractivity contribution in [3.8, 4) is 0 Å². The summed E-state index contributed by atoms with van der Waals surface area (Å²) in [5.41, 5.74) is 0.941. The minimum atomic E-state index is -3.90. The van der Waals surface area contributed by atoms with E-state index in [0.29, 0.717) is 12.8 Å². The van der Waals surface area contributed by atoms with Crippen molar-refractivity contribution >= 4 is 15.8 Å². The van der Waals surface area contributed by atoms with Gasteiger partial charge in [0.15, 0.2) is 14.6 Å². The van der Waals surface area contributed by atoms with Crippen molar-refractivity contribution in [2.75, 3.05) is 0 Å². The van der Waals surface area contributed by atoms with Crippen LogP contribution in [0.4, 0.5) is 0 Å². The fourth-order valence-corrected chi connectivity index (χ4v) is 4.59. The van der Waals surface area contributed by atoms with Crippen LogP contribution < -0.4 is 0 Å². The molecule has 5 heteroatoms. The van der Waals surface area contributed by atoms with Crippen LogP contribution in [0.1, 0.15) is 45.1 Å². The van der Waals surface area contributed by atoms with Crippen LogP contribution in [0.3, 0.4) is 0 Å². The van der Waals surface area contributed by atoms with Crippen molar-refractivity contribution in [1.82, 2.24) is 0 Å². The topological polar surface area (TPSA) is 71.4 Å². The fourth-order valence-electron chi connectivity index (χ4n) is 2.47. The molecule has 20 heavy (non-hydrogen) atoms. The molecular formula is C15H22O4S. The smallest absolute Gasteiger partial charge is 0.325 e. The Bertz CT molecular complexity index is 552. The lowest BCUT2D eigenvalue weighted by atomic mass is 9.97. The number of benzene rings is 1. The van der Waals surface area contributed by atoms with E-state index in [4.69, 9.17) is 0 Å². The SMILES string of the molecule is CCCC(CCC)(C(=O)O)S(=O)(=O)c1ccc(C)cc1. The molecule has 0 aliphatic heterocycles. The normalized spacial score (nSPS) is 12.3. The van der Waals surface area contributed by atoms with Crippen molar-refractivity contribution in [2.24, 2.45) is 0 Å². The Kier molecular flexibility index (Phi) is 5.34. The number of carboxylic acids is 1. The zero-order valence-electron chi connectivity index (χ0n) is 12.2. The van der Waals surface area contributed by atoms with Gasteiger partial charge >= 0.3 is 5.97 Å². The van der Waals surface area contributed by atoms with Gasteiger partial charge in [0.25, 0.3) is 0 Å². The number of hydrogen-bond acceptors (Lipinski definition) is 3. The van der Waals surface area contributed by atoms with Crippen LogP contribution in [0.15, 0.2) is 29.2 Å². The maximum atomic E-state index is 12.8. The molecule has 0 amide bonds. The van der Waals surface area contributed by atoms with E-state index < -0.39 is 20.6 Å². The first kappa shape index (κ1) is 16.7. The van der Waals surface area contributed by atoms with E-state index >= 15 is 0 Å². The molecule has 1 aromatic rings. The van der Waals surface area contributed by atoms with Gasteiger partial charge in [-0.2, -0.15) is 0 Å². The molecule has 0 heterocycles. The largest absolute Gasteiger partial charge is 0.480 e. The van der Waals surface area contributed by atoms with E-state index in [1.54, 1.807) is 26.0 Å². The van der Waals surface area contributed by atoms with Crippen molar-refractivity contribution in [3.63, 3.8) is 0 Å². The van der Waals surface area contributed by atoms with Gasteiger partial charge in [0.2, 0.25) is 0 Å². The Balaban J connectivity index is 3.44. The number of carbonyl (C=O) groups is 1. The van der Waals surface area contributed by atoms with Gasteiger partial charge in [0, 0.05) is 0 Å². The molecule has 0 radical (unpaired) electrons. The third-order valence-electron chi connectivity index (χ3n) is 3.54. The van der Waals surface area contributed by atoms with Crippen molar-refractivity contribution in [3.05, 3.63) is 29.8 Å². The molecule has 1 rings (SSSR count). The molecule has 0 atom stereocenters. The van der Waals surface area contributed by atoms with E-state index in [-0.39, 0.29) is 17.7 Å². The van der Waals surface area contributed by atoms with Gasteiger partial charge < -0.3 is 5.11 Å². The molecule has 112 valence electrons. The van der Waals surface area contributed by atoms with Crippen LogP contribution in [0.5, 0.6) is 0 Å². The quantitative estimate of drug-likeness (QED) is 0.839. The van der Waals surface area contributed by atoms with Crippen LogP contribution in [-0.2, 0) is 14.6 Å². The minimum Gasteiger partial charge on any atom is -0.480 e. The number of hydrogen-bond donors (Lipinski definition) is 1. The maximum absolute atomic E-state index is 12.8. The van der Waals surface area contributed by atoms with Gasteiger partial charge in [-0.3, -0.25) is 4.79 Å². The zero-order chi connectivity index (χ0) is 15.4. The van der Waals surface area contributed by atoms with Crippen LogP contribution in [0, 0.1) is 6.92 Å². The zero-order valence-corrected chi connectivity index (χ0v) is 13.0. The third-order valence-corrected chi connectivity index (χ3v) is 6.05. The summed E-state index contributed by atoms with van der Waals surface area (Å²) in [5, 5.41) is 9.56. The Labute approximate surface area is 120 Å². The van der Waals surface area contributed by atoms with Gasteiger partial charge in [0.1, 0.15) is 0 Å². The molecule has 0 fully saturated rings. The van der Waals surface area contributed by atoms with Crippen molar-refractivity contribution < 1.29 is 18.3 Å². The summed E-state index contributed by atoms with van der Waals surface area (Å²) in [7, 11) is -3.90. The lowest BCUT2D eigenvalue weighted by Crippen LogP contribution is -2.46. The van der Waals surface area contributed by atoms with Gasteiger partial charge in [-0.05, 0) is 31.9 Å². The molecule has 0 aromatic heterocycles. The summed E-state index contributed by atoms with van der Waals surface area (Å²) in [6, 6.07) is 6.37. The van der Waals surface area contributed by atoms with Crippen molar-refractivity contribution in [2.45, 2.75) is 56.1 Å². The van der Waals surface area contributed by atoms with Crippen LogP contribution in [0.2, 0.25) is 0 Å². The molecule has 0 spiro atoms. The highest BCUT2D eigenvalue weighted by Gasteiger charge is 2.50. The fraction of sp³-hybridized carbons (Fsp3) is 0.533. The predicted octanol–water partition coefficient (Wildman–Crippen LogP) is 3.19. The van der Waals surface area contributed by atoms with Crippen LogP contribution >= 0.6 is 0 Å². The second-order valence-corrected chi connectivity index (χ2v) is 7.38. The summed E-state index contributed by atoms with van der Waals surface area (Å²) < 4.78 is 23.9. The number of rotatable bonds is 7. The van der Waals surface area contributed by atoms with E-state index in [1.807, 2.05) is 6.92 Å². The van der Waals surface area contributed by atoms with Gasteiger partial charge in [-0.25, -0.2) is 8.42 Å². The number of carboxylic acid groups (broad SMARTS) is 1. The van der Waals surface area contributed by atoms with E-state index in [2.05, 4.69) is 0 Å². The third kappa shape index (κ3) is 2.87. The monoisotopic (exact) mass is 298 g/mol. The number of aryl methyl sites for hydroxylation is 1. The summed E-state index contributed by atoms with van der Waals surface area (Å²) in [4.78, 5) is 11.8. The molecule has 0 bridgehead atoms. The second kappa shape index (κ2) is 6.39. The minimum absolute atomic E-state index is 0.0902. The molecule has 0 aliphatic carbocycles. The van der Waals surface area contributed by atoms with Crippen LogP contribution in [-0.4, -0.2) is 24.2 Å². The molecule has 0 saturated carbocycles. The lowest BCUT2D eigenvalue weighted by molar-refractivity contribution is -0.140. The average molecular weight is 298 g/mol. The average Bonchev–Trinajstić information content (AvgIpc) is 2.38. The highest BCUT2D eigenvalue weighted by molar-refractivity contribution is 7.93. The van der Waals surface area contributed by atoms with Gasteiger partial charge in [-0.15, -0.1) is 0 Å². The van der Waals surface area contributed by atoms with Gasteiger partial charge in [0.05, 0.1) is 4.90 Å². The highest BCUT2D eigenvalue weighted by Crippen LogP contribution is 2.35. The Morgan fingerprint density at radius 2 is 1.55 bits per heavy atom. The van der Waals surface area contributed by atoms with E-state index in [0.717, 1.165) is 5.56 Å². The second-order valence-electron chi connectivity index (χ2n) is 5.12. The van der Waals surface area contributed by atoms with Crippen molar-refractivity contribution in [1.29, 1.82) is 0 Å². The van der Waals surface area contributed by atoms with E-state index in [1.165, 1.54) is 12.1 Å². The first-order valence-electron chi connectivity index (χ1n) is 6.86. The molecule has 0 saturated heterocycles. The number of sulfone groups is 1. The highest BCUT2D eigenvalue weighted by atomic mass is 32.2. The Hall–Kier alpha value is -1.36.